The van der Waals surface area contributed by atoms with E-state index in [-0.39, 0.29) is 5.78 Å². The van der Waals surface area contributed by atoms with Gasteiger partial charge in [0.1, 0.15) is 0 Å². The molecule has 0 aromatic heterocycles. The summed E-state index contributed by atoms with van der Waals surface area (Å²) in [4.78, 5) is 23.7. The predicted octanol–water partition coefficient (Wildman–Crippen LogP) is 1.93. The van der Waals surface area contributed by atoms with E-state index in [1.165, 1.54) is 11.8 Å². The van der Waals surface area contributed by atoms with Crippen molar-refractivity contribution in [1.29, 1.82) is 0 Å². The molecule has 1 heterocycles. The first-order chi connectivity index (χ1) is 7.59. The monoisotopic (exact) mass is 219 g/mol. The Kier molecular flexibility index (Phi) is 2.64. The highest BCUT2D eigenvalue weighted by Gasteiger charge is 2.22. The van der Waals surface area contributed by atoms with Crippen LogP contribution in [0.2, 0.25) is 0 Å². The van der Waals surface area contributed by atoms with Crippen molar-refractivity contribution in [1.82, 2.24) is 4.90 Å². The molecule has 0 saturated heterocycles. The van der Waals surface area contributed by atoms with E-state index in [0.717, 1.165) is 11.1 Å². The van der Waals surface area contributed by atoms with Gasteiger partial charge in [-0.1, -0.05) is 18.2 Å². The van der Waals surface area contributed by atoms with Gasteiger partial charge in [0.15, 0.2) is 5.78 Å². The number of hydrogen-bond acceptors (Lipinski definition) is 2. The van der Waals surface area contributed by atoms with Crippen LogP contribution in [0.5, 0.6) is 0 Å². The number of nitrogens with zero attached hydrogens (tertiary/aromatic N) is 1. The number of carbonyl (C=O) groups is 2. The number of fused-ring (bicyclic) bond motifs is 1. The van der Waals surface area contributed by atoms with Gasteiger partial charge in [0.05, 0.1) is 0 Å². The van der Waals surface area contributed by atoms with E-state index >= 15 is 0 Å². The van der Waals surface area contributed by atoms with E-state index in [4.69, 9.17) is 5.11 Å². The summed E-state index contributed by atoms with van der Waals surface area (Å²) in [7, 11) is 0. The van der Waals surface area contributed by atoms with E-state index in [9.17, 15) is 9.59 Å². The minimum absolute atomic E-state index is 0.0101. The summed E-state index contributed by atoms with van der Waals surface area (Å²) >= 11 is 0. The van der Waals surface area contributed by atoms with Crippen molar-refractivity contribution in [2.45, 2.75) is 19.9 Å². The summed E-state index contributed by atoms with van der Waals surface area (Å²) < 4.78 is 0. The zero-order valence-corrected chi connectivity index (χ0v) is 9.06. The van der Waals surface area contributed by atoms with Crippen LogP contribution in [0.1, 0.15) is 28.4 Å². The van der Waals surface area contributed by atoms with Gasteiger partial charge < -0.3 is 10.0 Å². The zero-order chi connectivity index (χ0) is 11.7. The molecule has 1 aromatic rings. The van der Waals surface area contributed by atoms with Crippen LogP contribution in [0.25, 0.3) is 0 Å². The van der Waals surface area contributed by atoms with Crippen LogP contribution in [0.15, 0.2) is 18.2 Å². The molecule has 0 unspecified atom stereocenters. The average molecular weight is 219 g/mol. The van der Waals surface area contributed by atoms with Crippen LogP contribution in [-0.2, 0) is 13.0 Å². The largest absolute Gasteiger partial charge is 0.465 e. The first-order valence-electron chi connectivity index (χ1n) is 5.19. The second-order valence-electron chi connectivity index (χ2n) is 3.95. The van der Waals surface area contributed by atoms with Crippen molar-refractivity contribution >= 4 is 11.9 Å². The molecule has 1 aliphatic rings. The fraction of sp³-hybridized carbons (Fsp3) is 0.333. The number of ketones is 1. The minimum atomic E-state index is -0.927. The Morgan fingerprint density at radius 1 is 1.38 bits per heavy atom. The fourth-order valence-electron chi connectivity index (χ4n) is 2.07. The van der Waals surface area contributed by atoms with Crippen molar-refractivity contribution in [3.05, 3.63) is 34.9 Å². The molecule has 1 aromatic carbocycles. The summed E-state index contributed by atoms with van der Waals surface area (Å²) in [5, 5.41) is 8.93. The van der Waals surface area contributed by atoms with Crippen molar-refractivity contribution in [2.24, 2.45) is 0 Å². The quantitative estimate of drug-likeness (QED) is 0.734. The van der Waals surface area contributed by atoms with Crippen LogP contribution in [0, 0.1) is 0 Å². The van der Waals surface area contributed by atoms with Crippen molar-refractivity contribution in [3.63, 3.8) is 0 Å². The predicted molar refractivity (Wildman–Crippen MR) is 58.6 cm³/mol. The lowest BCUT2D eigenvalue weighted by molar-refractivity contribution is 0.101. The van der Waals surface area contributed by atoms with Gasteiger partial charge in [-0.15, -0.1) is 0 Å². The van der Waals surface area contributed by atoms with Gasteiger partial charge >= 0.3 is 6.09 Å². The van der Waals surface area contributed by atoms with Gasteiger partial charge in [-0.2, -0.15) is 0 Å². The maximum atomic E-state index is 11.4. The Morgan fingerprint density at radius 3 is 2.75 bits per heavy atom. The molecule has 84 valence electrons. The maximum Gasteiger partial charge on any atom is 0.407 e. The van der Waals surface area contributed by atoms with Crippen molar-refractivity contribution < 1.29 is 14.7 Å². The van der Waals surface area contributed by atoms with Crippen LogP contribution in [0.3, 0.4) is 0 Å². The Balaban J connectivity index is 2.41. The number of rotatable bonds is 1. The van der Waals surface area contributed by atoms with Gasteiger partial charge in [-0.05, 0) is 24.5 Å². The lowest BCUT2D eigenvalue weighted by atomic mass is 9.93. The second-order valence-corrected chi connectivity index (χ2v) is 3.95. The lowest BCUT2D eigenvalue weighted by Crippen LogP contribution is -2.35. The van der Waals surface area contributed by atoms with Gasteiger partial charge in [-0.25, -0.2) is 4.79 Å². The summed E-state index contributed by atoms with van der Waals surface area (Å²) in [6, 6.07) is 5.57. The summed E-state index contributed by atoms with van der Waals surface area (Å²) in [5.41, 5.74) is 2.59. The minimum Gasteiger partial charge on any atom is -0.465 e. The molecule has 0 saturated carbocycles. The average Bonchev–Trinajstić information content (AvgIpc) is 2.27. The summed E-state index contributed by atoms with van der Waals surface area (Å²) in [6.07, 6.45) is -0.244. The third kappa shape index (κ3) is 1.78. The molecule has 1 amide bonds. The Morgan fingerprint density at radius 2 is 2.12 bits per heavy atom. The molecular formula is C12H13NO3. The fourth-order valence-corrected chi connectivity index (χ4v) is 2.07. The Bertz CT molecular complexity index is 454. The molecule has 4 nitrogen and oxygen atoms in total. The smallest absolute Gasteiger partial charge is 0.407 e. The molecule has 1 N–H and O–H groups in total. The van der Waals surface area contributed by atoms with E-state index < -0.39 is 6.09 Å². The summed E-state index contributed by atoms with van der Waals surface area (Å²) in [5.74, 6) is -0.0101. The number of carboxylic acid groups (broad SMARTS) is 1. The third-order valence-electron chi connectivity index (χ3n) is 2.92. The zero-order valence-electron chi connectivity index (χ0n) is 9.06. The first-order valence-corrected chi connectivity index (χ1v) is 5.19. The Hall–Kier alpha value is -1.84. The van der Waals surface area contributed by atoms with E-state index in [1.807, 2.05) is 12.1 Å². The van der Waals surface area contributed by atoms with Crippen LogP contribution < -0.4 is 0 Å². The van der Waals surface area contributed by atoms with Gasteiger partial charge in [0.25, 0.3) is 0 Å². The van der Waals surface area contributed by atoms with Crippen molar-refractivity contribution in [2.75, 3.05) is 6.54 Å². The SMILES string of the molecule is CC(=O)c1cccc2c1CN(C(=O)O)CC2. The van der Waals surface area contributed by atoms with Crippen LogP contribution in [-0.4, -0.2) is 28.4 Å². The van der Waals surface area contributed by atoms with Crippen molar-refractivity contribution in [3.8, 4) is 0 Å². The number of amides is 1. The highest BCUT2D eigenvalue weighted by Crippen LogP contribution is 2.23. The van der Waals surface area contributed by atoms with E-state index in [1.54, 1.807) is 6.07 Å². The lowest BCUT2D eigenvalue weighted by Gasteiger charge is -2.27. The summed E-state index contributed by atoms with van der Waals surface area (Å²) in [6.45, 7) is 2.33. The topological polar surface area (TPSA) is 57.6 Å². The molecule has 0 fully saturated rings. The number of hydrogen-bond donors (Lipinski definition) is 1. The number of carbonyl (C=O) groups excluding carboxylic acids is 1. The Labute approximate surface area is 93.5 Å². The third-order valence-corrected chi connectivity index (χ3v) is 2.92. The number of Topliss-reactive ketones (excluding diaryl/α,β-unsaturated/α-hetero) is 1. The maximum absolute atomic E-state index is 11.4. The highest BCUT2D eigenvalue weighted by atomic mass is 16.4. The van der Waals surface area contributed by atoms with Crippen LogP contribution >= 0.6 is 0 Å². The molecule has 0 bridgehead atoms. The second kappa shape index (κ2) is 3.96. The highest BCUT2D eigenvalue weighted by molar-refractivity contribution is 5.96. The molecule has 0 aliphatic carbocycles. The standard InChI is InChI=1S/C12H13NO3/c1-8(14)10-4-2-3-9-5-6-13(12(15)16)7-11(9)10/h2-4H,5-7H2,1H3,(H,15,16). The molecule has 2 rings (SSSR count). The first kappa shape index (κ1) is 10.7. The van der Waals surface area contributed by atoms with Gasteiger partial charge in [0.2, 0.25) is 0 Å². The molecule has 0 radical (unpaired) electrons. The molecule has 16 heavy (non-hydrogen) atoms. The van der Waals surface area contributed by atoms with E-state index in [0.29, 0.717) is 25.1 Å². The molecule has 0 spiro atoms. The van der Waals surface area contributed by atoms with Crippen LogP contribution in [0.4, 0.5) is 4.79 Å². The normalized spacial score (nSPS) is 14.4. The van der Waals surface area contributed by atoms with Gasteiger partial charge in [-0.3, -0.25) is 4.79 Å². The molecular weight excluding hydrogens is 206 g/mol. The molecule has 1 aliphatic heterocycles. The molecule has 0 atom stereocenters. The van der Waals surface area contributed by atoms with Gasteiger partial charge in [0, 0.05) is 18.7 Å². The molecule has 4 heteroatoms. The number of benzene rings is 1. The van der Waals surface area contributed by atoms with E-state index in [2.05, 4.69) is 0 Å².